The summed E-state index contributed by atoms with van der Waals surface area (Å²) in [5, 5.41) is 9.26. The van der Waals surface area contributed by atoms with Crippen LogP contribution in [0.25, 0.3) is 0 Å². The summed E-state index contributed by atoms with van der Waals surface area (Å²) in [7, 11) is 3.71. The quantitative estimate of drug-likeness (QED) is 0.474. The van der Waals surface area contributed by atoms with Gasteiger partial charge in [-0.05, 0) is 12.8 Å². The minimum absolute atomic E-state index is 0.104. The molecule has 1 unspecified atom stereocenters. The average Bonchev–Trinajstić information content (AvgIpc) is 2.16. The molecular weight excluding hydrogens is 200 g/mol. The van der Waals surface area contributed by atoms with Crippen molar-refractivity contribution in [2.75, 3.05) is 11.5 Å². The minimum Gasteiger partial charge on any atom is -0.392 e. The second kappa shape index (κ2) is 10.7. The molecule has 0 bridgehead atoms. The van der Waals surface area contributed by atoms with Crippen LogP contribution in [-0.4, -0.2) is 22.7 Å². The fourth-order valence-electron chi connectivity index (χ4n) is 0.891. The van der Waals surface area contributed by atoms with Gasteiger partial charge in [-0.1, -0.05) is 54.7 Å². The molecule has 0 aromatic heterocycles. The average molecular weight is 222 g/mol. The van der Waals surface area contributed by atoms with E-state index >= 15 is 0 Å². The van der Waals surface area contributed by atoms with Crippen LogP contribution >= 0.6 is 21.6 Å². The molecule has 0 saturated carbocycles. The molecule has 1 nitrogen and oxygen atoms in total. The van der Waals surface area contributed by atoms with Gasteiger partial charge < -0.3 is 5.11 Å². The van der Waals surface area contributed by atoms with Crippen LogP contribution in [0.15, 0.2) is 0 Å². The van der Waals surface area contributed by atoms with Crippen molar-refractivity contribution >= 4 is 21.6 Å². The van der Waals surface area contributed by atoms with E-state index in [1.807, 2.05) is 28.5 Å². The molecule has 0 rings (SSSR count). The third-order valence-electron chi connectivity index (χ3n) is 1.90. The number of hydrogen-bond donors (Lipinski definition) is 1. The molecule has 0 amide bonds. The lowest BCUT2D eigenvalue weighted by Crippen LogP contribution is -2.06. The third-order valence-corrected chi connectivity index (χ3v) is 4.45. The predicted octanol–water partition coefficient (Wildman–Crippen LogP) is 3.72. The molecular formula is C10H22OS2. The summed E-state index contributed by atoms with van der Waals surface area (Å²) in [4.78, 5) is 0. The first-order chi connectivity index (χ1) is 6.31. The van der Waals surface area contributed by atoms with E-state index in [-0.39, 0.29) is 6.10 Å². The molecule has 0 aliphatic heterocycles. The Balaban J connectivity index is 2.91. The summed E-state index contributed by atoms with van der Waals surface area (Å²) in [5.41, 5.74) is 0. The Labute approximate surface area is 90.5 Å². The van der Waals surface area contributed by atoms with Crippen molar-refractivity contribution in [3.63, 3.8) is 0 Å². The van der Waals surface area contributed by atoms with Gasteiger partial charge in [0, 0.05) is 11.5 Å². The fourth-order valence-corrected chi connectivity index (χ4v) is 3.29. The zero-order valence-electron chi connectivity index (χ0n) is 8.79. The summed E-state index contributed by atoms with van der Waals surface area (Å²) in [6.45, 7) is 4.26. The molecule has 0 fully saturated rings. The maximum Gasteiger partial charge on any atom is 0.0636 e. The second-order valence-electron chi connectivity index (χ2n) is 3.23. The van der Waals surface area contributed by atoms with Crippen LogP contribution in [-0.2, 0) is 0 Å². The van der Waals surface area contributed by atoms with E-state index in [1.165, 1.54) is 31.4 Å². The van der Waals surface area contributed by atoms with Gasteiger partial charge in [-0.25, -0.2) is 0 Å². The molecule has 0 heterocycles. The maximum atomic E-state index is 9.26. The summed E-state index contributed by atoms with van der Waals surface area (Å²) in [6, 6.07) is 0. The number of aliphatic hydroxyl groups is 1. The standard InChI is InChI=1S/C10H22OS2/c1-3-5-6-7-8-12-13-9-10(11)4-2/h10-11H,3-9H2,1-2H3. The Morgan fingerprint density at radius 2 is 1.85 bits per heavy atom. The molecule has 13 heavy (non-hydrogen) atoms. The van der Waals surface area contributed by atoms with Crippen molar-refractivity contribution in [3.8, 4) is 0 Å². The normalized spacial score (nSPS) is 13.2. The van der Waals surface area contributed by atoms with Crippen molar-refractivity contribution in [1.82, 2.24) is 0 Å². The van der Waals surface area contributed by atoms with E-state index in [2.05, 4.69) is 6.92 Å². The van der Waals surface area contributed by atoms with Crippen LogP contribution in [0.3, 0.4) is 0 Å². The highest BCUT2D eigenvalue weighted by Gasteiger charge is 1.99. The maximum absolute atomic E-state index is 9.26. The van der Waals surface area contributed by atoms with Crippen molar-refractivity contribution in [1.29, 1.82) is 0 Å². The first kappa shape index (κ1) is 13.7. The number of hydrogen-bond acceptors (Lipinski definition) is 3. The Kier molecular flexibility index (Phi) is 11.3. The van der Waals surface area contributed by atoms with Gasteiger partial charge >= 0.3 is 0 Å². The number of aliphatic hydroxyl groups excluding tert-OH is 1. The van der Waals surface area contributed by atoms with Gasteiger partial charge in [0.05, 0.1) is 6.10 Å². The minimum atomic E-state index is -0.104. The van der Waals surface area contributed by atoms with E-state index < -0.39 is 0 Å². The van der Waals surface area contributed by atoms with E-state index in [0.29, 0.717) is 0 Å². The van der Waals surface area contributed by atoms with Crippen LogP contribution in [0.1, 0.15) is 46.0 Å². The van der Waals surface area contributed by atoms with Gasteiger partial charge in [0.25, 0.3) is 0 Å². The Morgan fingerprint density at radius 1 is 1.08 bits per heavy atom. The van der Waals surface area contributed by atoms with Crippen molar-refractivity contribution < 1.29 is 5.11 Å². The largest absolute Gasteiger partial charge is 0.392 e. The summed E-state index contributed by atoms with van der Waals surface area (Å²) in [5.74, 6) is 2.12. The molecule has 3 heteroatoms. The van der Waals surface area contributed by atoms with Gasteiger partial charge in [-0.3, -0.25) is 0 Å². The summed E-state index contributed by atoms with van der Waals surface area (Å²) in [6.07, 6.45) is 6.14. The highest BCUT2D eigenvalue weighted by molar-refractivity contribution is 8.76. The zero-order valence-corrected chi connectivity index (χ0v) is 10.4. The third kappa shape index (κ3) is 10.6. The van der Waals surface area contributed by atoms with Gasteiger partial charge in [-0.2, -0.15) is 0 Å². The highest BCUT2D eigenvalue weighted by Crippen LogP contribution is 2.24. The summed E-state index contributed by atoms with van der Waals surface area (Å²) < 4.78 is 0. The fraction of sp³-hybridized carbons (Fsp3) is 1.00. The lowest BCUT2D eigenvalue weighted by atomic mass is 10.2. The van der Waals surface area contributed by atoms with E-state index in [1.54, 1.807) is 0 Å². The van der Waals surface area contributed by atoms with Crippen LogP contribution < -0.4 is 0 Å². The van der Waals surface area contributed by atoms with Crippen LogP contribution in [0.5, 0.6) is 0 Å². The summed E-state index contributed by atoms with van der Waals surface area (Å²) >= 11 is 0. The molecule has 1 N–H and O–H groups in total. The van der Waals surface area contributed by atoms with Crippen LogP contribution in [0, 0.1) is 0 Å². The molecule has 0 aromatic carbocycles. The molecule has 0 spiro atoms. The highest BCUT2D eigenvalue weighted by atomic mass is 33.1. The smallest absolute Gasteiger partial charge is 0.0636 e. The molecule has 1 atom stereocenters. The Morgan fingerprint density at radius 3 is 2.46 bits per heavy atom. The molecule has 0 aliphatic carbocycles. The topological polar surface area (TPSA) is 20.2 Å². The van der Waals surface area contributed by atoms with Gasteiger partial charge in [0.2, 0.25) is 0 Å². The molecule has 80 valence electrons. The van der Waals surface area contributed by atoms with Crippen molar-refractivity contribution in [2.45, 2.75) is 52.1 Å². The lowest BCUT2D eigenvalue weighted by molar-refractivity contribution is 0.195. The zero-order chi connectivity index (χ0) is 9.94. The van der Waals surface area contributed by atoms with E-state index in [0.717, 1.165) is 12.2 Å². The lowest BCUT2D eigenvalue weighted by Gasteiger charge is -2.05. The molecule has 0 aromatic rings. The van der Waals surface area contributed by atoms with Gasteiger partial charge in [0.15, 0.2) is 0 Å². The van der Waals surface area contributed by atoms with E-state index in [4.69, 9.17) is 0 Å². The van der Waals surface area contributed by atoms with Crippen LogP contribution in [0.4, 0.5) is 0 Å². The molecule has 0 aliphatic rings. The monoisotopic (exact) mass is 222 g/mol. The molecule has 0 radical (unpaired) electrons. The van der Waals surface area contributed by atoms with Gasteiger partial charge in [-0.15, -0.1) is 0 Å². The van der Waals surface area contributed by atoms with Crippen LogP contribution in [0.2, 0.25) is 0 Å². The first-order valence-electron chi connectivity index (χ1n) is 5.23. The molecule has 0 saturated heterocycles. The SMILES string of the molecule is CCCCCCSSCC(O)CC. The Hall–Kier alpha value is 0.660. The Bertz CT molecular complexity index is 98.9. The van der Waals surface area contributed by atoms with Gasteiger partial charge in [0.1, 0.15) is 0 Å². The number of rotatable bonds is 9. The number of unbranched alkanes of at least 4 members (excludes halogenated alkanes) is 3. The predicted molar refractivity (Wildman–Crippen MR) is 65.4 cm³/mol. The first-order valence-corrected chi connectivity index (χ1v) is 7.72. The van der Waals surface area contributed by atoms with E-state index in [9.17, 15) is 5.11 Å². The second-order valence-corrected chi connectivity index (χ2v) is 5.86. The van der Waals surface area contributed by atoms with Crippen molar-refractivity contribution in [3.05, 3.63) is 0 Å². The van der Waals surface area contributed by atoms with Crippen molar-refractivity contribution in [2.24, 2.45) is 0 Å².